The molecule has 0 aromatic heterocycles. The average Bonchev–Trinajstić information content (AvgIpc) is 2.63. The van der Waals surface area contributed by atoms with E-state index >= 15 is 0 Å². The molecule has 1 N–H and O–H groups in total. The molecule has 136 valence electrons. The minimum absolute atomic E-state index is 0.0521. The number of benzene rings is 2. The van der Waals surface area contributed by atoms with E-state index in [2.05, 4.69) is 5.32 Å². The summed E-state index contributed by atoms with van der Waals surface area (Å²) >= 11 is 0. The Bertz CT molecular complexity index is 821. The van der Waals surface area contributed by atoms with Crippen molar-refractivity contribution in [2.75, 3.05) is 18.0 Å². The lowest BCUT2D eigenvalue weighted by atomic mass is 10.1. The lowest BCUT2D eigenvalue weighted by Gasteiger charge is -2.34. The predicted octanol–water partition coefficient (Wildman–Crippen LogP) is 2.90. The van der Waals surface area contributed by atoms with Gasteiger partial charge in [-0.25, -0.2) is 8.78 Å². The van der Waals surface area contributed by atoms with E-state index in [1.165, 1.54) is 4.90 Å². The van der Waals surface area contributed by atoms with E-state index in [1.54, 1.807) is 24.3 Å². The molecular weight excluding hydrogens is 342 g/mol. The maximum absolute atomic E-state index is 13.5. The molecule has 1 atom stereocenters. The monoisotopic (exact) mass is 360 g/mol. The summed E-state index contributed by atoms with van der Waals surface area (Å²) in [5.41, 5.74) is 0.314. The third-order valence-electron chi connectivity index (χ3n) is 3.97. The summed E-state index contributed by atoms with van der Waals surface area (Å²) in [7, 11) is 0. The lowest BCUT2D eigenvalue weighted by molar-refractivity contribution is -0.127. The van der Waals surface area contributed by atoms with Gasteiger partial charge in [-0.2, -0.15) is 0 Å². The van der Waals surface area contributed by atoms with E-state index in [0.717, 1.165) is 18.6 Å². The Hall–Kier alpha value is -2.96. The second kappa shape index (κ2) is 7.51. The molecule has 0 radical (unpaired) electrons. The van der Waals surface area contributed by atoms with Crippen molar-refractivity contribution in [1.82, 2.24) is 5.32 Å². The first-order valence-corrected chi connectivity index (χ1v) is 8.31. The fourth-order valence-electron chi connectivity index (χ4n) is 2.76. The number of para-hydroxylation sites is 2. The van der Waals surface area contributed by atoms with Crippen LogP contribution < -0.4 is 15.0 Å². The van der Waals surface area contributed by atoms with Crippen LogP contribution in [0.15, 0.2) is 42.5 Å². The second-order valence-corrected chi connectivity index (χ2v) is 5.94. The van der Waals surface area contributed by atoms with Gasteiger partial charge < -0.3 is 15.0 Å². The van der Waals surface area contributed by atoms with Crippen LogP contribution in [0.3, 0.4) is 0 Å². The second-order valence-electron chi connectivity index (χ2n) is 5.94. The van der Waals surface area contributed by atoms with Crippen LogP contribution in [-0.4, -0.2) is 31.0 Å². The Labute approximate surface area is 149 Å². The smallest absolute Gasteiger partial charge is 0.262 e. The van der Waals surface area contributed by atoms with Crippen molar-refractivity contribution in [3.63, 3.8) is 0 Å². The molecular formula is C19H18F2N2O3. The van der Waals surface area contributed by atoms with Crippen molar-refractivity contribution in [2.45, 2.75) is 19.4 Å². The Balaban J connectivity index is 1.93. The number of halogens is 2. The molecule has 3 rings (SSSR count). The zero-order valence-electron chi connectivity index (χ0n) is 14.2. The number of carbonyl (C=O) groups excluding carboxylic acids is 2. The number of amides is 2. The molecule has 2 aromatic carbocycles. The number of ether oxygens (including phenoxy) is 1. The molecule has 2 amide bonds. The van der Waals surface area contributed by atoms with Gasteiger partial charge in [0, 0.05) is 18.2 Å². The number of fused-ring (bicyclic) bond motifs is 1. The van der Waals surface area contributed by atoms with Gasteiger partial charge in [0.1, 0.15) is 17.4 Å². The molecule has 1 heterocycles. The molecule has 5 nitrogen and oxygen atoms in total. The van der Waals surface area contributed by atoms with Crippen LogP contribution in [-0.2, 0) is 4.79 Å². The zero-order chi connectivity index (χ0) is 18.7. The predicted molar refractivity (Wildman–Crippen MR) is 92.2 cm³/mol. The van der Waals surface area contributed by atoms with E-state index in [0.29, 0.717) is 24.0 Å². The van der Waals surface area contributed by atoms with E-state index in [-0.39, 0.29) is 18.0 Å². The molecule has 7 heteroatoms. The third kappa shape index (κ3) is 3.66. The molecule has 0 saturated heterocycles. The molecule has 0 unspecified atom stereocenters. The van der Waals surface area contributed by atoms with Gasteiger partial charge in [0.15, 0.2) is 6.10 Å². The summed E-state index contributed by atoms with van der Waals surface area (Å²) in [6.45, 7) is 2.36. The molecule has 0 spiro atoms. The van der Waals surface area contributed by atoms with Crippen molar-refractivity contribution in [2.24, 2.45) is 0 Å². The first kappa shape index (κ1) is 17.8. The standard InChI is InChI=1S/C19H18F2N2O3/c1-2-7-22-18(24)17-11-23(15-5-3-4-6-16(15)26-17)19(25)12-8-13(20)10-14(21)9-12/h3-6,8-10,17H,2,7,11H2,1H3,(H,22,24)/t17-/m1/s1. The maximum atomic E-state index is 13.5. The molecule has 0 saturated carbocycles. The Kier molecular flexibility index (Phi) is 5.16. The maximum Gasteiger partial charge on any atom is 0.262 e. The fraction of sp³-hybridized carbons (Fsp3) is 0.263. The van der Waals surface area contributed by atoms with E-state index < -0.39 is 23.6 Å². The summed E-state index contributed by atoms with van der Waals surface area (Å²) in [4.78, 5) is 26.4. The van der Waals surface area contributed by atoms with E-state index in [1.807, 2.05) is 6.92 Å². The van der Waals surface area contributed by atoms with Crippen LogP contribution in [0, 0.1) is 11.6 Å². The van der Waals surface area contributed by atoms with Gasteiger partial charge in [-0.15, -0.1) is 0 Å². The third-order valence-corrected chi connectivity index (χ3v) is 3.97. The zero-order valence-corrected chi connectivity index (χ0v) is 14.2. The summed E-state index contributed by atoms with van der Waals surface area (Å²) in [6, 6.07) is 9.36. The van der Waals surface area contributed by atoms with Crippen molar-refractivity contribution in [3.05, 3.63) is 59.7 Å². The lowest BCUT2D eigenvalue weighted by Crippen LogP contribution is -2.50. The number of nitrogens with zero attached hydrogens (tertiary/aromatic N) is 1. The van der Waals surface area contributed by atoms with Crippen LogP contribution in [0.2, 0.25) is 0 Å². The van der Waals surface area contributed by atoms with Gasteiger partial charge in [0.25, 0.3) is 11.8 Å². The Morgan fingerprint density at radius 3 is 2.58 bits per heavy atom. The molecule has 0 aliphatic carbocycles. The van der Waals surface area contributed by atoms with Gasteiger partial charge in [-0.3, -0.25) is 9.59 Å². The van der Waals surface area contributed by atoms with E-state index in [9.17, 15) is 18.4 Å². The van der Waals surface area contributed by atoms with Crippen LogP contribution in [0.5, 0.6) is 5.75 Å². The normalized spacial score (nSPS) is 15.8. The van der Waals surface area contributed by atoms with Crippen LogP contribution in [0.4, 0.5) is 14.5 Å². The number of nitrogens with one attached hydrogen (secondary N) is 1. The van der Waals surface area contributed by atoms with Gasteiger partial charge in [-0.1, -0.05) is 19.1 Å². The summed E-state index contributed by atoms with van der Waals surface area (Å²) in [5.74, 6) is -2.27. The van der Waals surface area contributed by atoms with Gasteiger partial charge in [0.2, 0.25) is 0 Å². The highest BCUT2D eigenvalue weighted by Crippen LogP contribution is 2.34. The number of hydrogen-bond acceptors (Lipinski definition) is 3. The molecule has 1 aliphatic rings. The van der Waals surface area contributed by atoms with Gasteiger partial charge in [-0.05, 0) is 30.7 Å². The van der Waals surface area contributed by atoms with Gasteiger partial charge >= 0.3 is 0 Å². The first-order chi connectivity index (χ1) is 12.5. The molecule has 0 bridgehead atoms. The minimum Gasteiger partial charge on any atom is -0.477 e. The van der Waals surface area contributed by atoms with Crippen LogP contribution in [0.25, 0.3) is 0 Å². The Morgan fingerprint density at radius 2 is 1.88 bits per heavy atom. The molecule has 2 aromatic rings. The highest BCUT2D eigenvalue weighted by atomic mass is 19.1. The highest BCUT2D eigenvalue weighted by molar-refractivity contribution is 6.07. The molecule has 1 aliphatic heterocycles. The largest absolute Gasteiger partial charge is 0.477 e. The first-order valence-electron chi connectivity index (χ1n) is 8.31. The number of carbonyl (C=O) groups is 2. The molecule has 26 heavy (non-hydrogen) atoms. The topological polar surface area (TPSA) is 58.6 Å². The quantitative estimate of drug-likeness (QED) is 0.912. The summed E-state index contributed by atoms with van der Waals surface area (Å²) < 4.78 is 32.7. The van der Waals surface area contributed by atoms with Gasteiger partial charge in [0.05, 0.1) is 12.2 Å². The van der Waals surface area contributed by atoms with Crippen molar-refractivity contribution >= 4 is 17.5 Å². The minimum atomic E-state index is -0.904. The SMILES string of the molecule is CCCNC(=O)[C@H]1CN(C(=O)c2cc(F)cc(F)c2)c2ccccc2O1. The number of anilines is 1. The molecule has 0 fully saturated rings. The number of hydrogen-bond donors (Lipinski definition) is 1. The summed E-state index contributed by atoms with van der Waals surface area (Å²) in [5, 5.41) is 2.73. The highest BCUT2D eigenvalue weighted by Gasteiger charge is 2.34. The number of rotatable bonds is 4. The Morgan fingerprint density at radius 1 is 1.19 bits per heavy atom. The van der Waals surface area contributed by atoms with Crippen LogP contribution in [0.1, 0.15) is 23.7 Å². The van der Waals surface area contributed by atoms with E-state index in [4.69, 9.17) is 4.74 Å². The van der Waals surface area contributed by atoms with Crippen molar-refractivity contribution < 1.29 is 23.1 Å². The van der Waals surface area contributed by atoms with Crippen molar-refractivity contribution in [1.29, 1.82) is 0 Å². The average molecular weight is 360 g/mol. The van der Waals surface area contributed by atoms with Crippen molar-refractivity contribution in [3.8, 4) is 5.75 Å². The van der Waals surface area contributed by atoms with Crippen LogP contribution >= 0.6 is 0 Å². The fourth-order valence-corrected chi connectivity index (χ4v) is 2.76. The summed E-state index contributed by atoms with van der Waals surface area (Å²) in [6.07, 6.45) is -0.140.